The molecule has 1 heterocycles. The highest BCUT2D eigenvalue weighted by Crippen LogP contribution is 2.30. The van der Waals surface area contributed by atoms with Gasteiger partial charge in [0.1, 0.15) is 24.8 Å². The lowest BCUT2D eigenvalue weighted by Gasteiger charge is -2.23. The van der Waals surface area contributed by atoms with E-state index in [-0.39, 0.29) is 0 Å². The molecule has 0 spiro atoms. The van der Waals surface area contributed by atoms with Crippen molar-refractivity contribution in [3.8, 4) is 11.5 Å². The normalized spacial score (nSPS) is 14.7. The third kappa shape index (κ3) is 4.85. The van der Waals surface area contributed by atoms with Gasteiger partial charge in [0.25, 0.3) is 0 Å². The zero-order valence-corrected chi connectivity index (χ0v) is 14.5. The number of rotatable bonds is 6. The number of ether oxygens (including phenoxy) is 2. The van der Waals surface area contributed by atoms with Crippen LogP contribution < -0.4 is 9.47 Å². The molecule has 0 amide bonds. The average Bonchev–Trinajstić information content (AvgIpc) is 2.62. The van der Waals surface area contributed by atoms with Crippen molar-refractivity contribution in [2.75, 3.05) is 19.8 Å². The van der Waals surface area contributed by atoms with Crippen LogP contribution in [0.2, 0.25) is 0 Å². The Morgan fingerprint density at radius 2 is 1.87 bits per heavy atom. The molecule has 0 N–H and O–H groups in total. The molecule has 2 aromatic carbocycles. The molecule has 2 aromatic rings. The first kappa shape index (κ1) is 16.1. The molecular formula is C19H20BrNO2. The van der Waals surface area contributed by atoms with Gasteiger partial charge >= 0.3 is 0 Å². The summed E-state index contributed by atoms with van der Waals surface area (Å²) in [6.45, 7) is 3.13. The molecule has 0 saturated carbocycles. The first-order valence-electron chi connectivity index (χ1n) is 7.78. The monoisotopic (exact) mass is 373 g/mol. The van der Waals surface area contributed by atoms with Crippen LogP contribution in [0.4, 0.5) is 0 Å². The van der Waals surface area contributed by atoms with Crippen molar-refractivity contribution in [3.63, 3.8) is 0 Å². The van der Waals surface area contributed by atoms with Crippen LogP contribution in [0, 0.1) is 0 Å². The van der Waals surface area contributed by atoms with Crippen LogP contribution in [0.25, 0.3) is 0 Å². The molecule has 0 bridgehead atoms. The third-order valence-corrected chi connectivity index (χ3v) is 4.35. The summed E-state index contributed by atoms with van der Waals surface area (Å²) in [7, 11) is 0. The van der Waals surface area contributed by atoms with Crippen molar-refractivity contribution in [1.29, 1.82) is 0 Å². The van der Waals surface area contributed by atoms with Gasteiger partial charge in [-0.05, 0) is 40.0 Å². The Kier molecular flexibility index (Phi) is 5.72. The summed E-state index contributed by atoms with van der Waals surface area (Å²) in [5.41, 5.74) is 1.15. The van der Waals surface area contributed by atoms with Crippen molar-refractivity contribution in [2.45, 2.75) is 13.0 Å². The Hall–Kier alpha value is -1.78. The van der Waals surface area contributed by atoms with Gasteiger partial charge in [0.05, 0.1) is 4.47 Å². The first-order valence-corrected chi connectivity index (χ1v) is 8.57. The van der Waals surface area contributed by atoms with E-state index in [4.69, 9.17) is 9.47 Å². The average molecular weight is 374 g/mol. The van der Waals surface area contributed by atoms with Crippen LogP contribution in [0.15, 0.2) is 65.2 Å². The molecule has 120 valence electrons. The Morgan fingerprint density at radius 1 is 1.00 bits per heavy atom. The summed E-state index contributed by atoms with van der Waals surface area (Å²) in [5.74, 6) is 1.62. The lowest BCUT2D eigenvalue weighted by Crippen LogP contribution is -2.31. The Bertz CT molecular complexity index is 658. The minimum Gasteiger partial charge on any atom is -0.489 e. The number of nitrogens with zero attached hydrogens (tertiary/aromatic N) is 1. The molecule has 1 aliphatic rings. The summed E-state index contributed by atoms with van der Waals surface area (Å²) in [4.78, 5) is 2.27. The van der Waals surface area contributed by atoms with E-state index in [1.54, 1.807) is 0 Å². The van der Waals surface area contributed by atoms with E-state index in [1.807, 2.05) is 36.4 Å². The maximum atomic E-state index is 5.93. The summed E-state index contributed by atoms with van der Waals surface area (Å²) in [6.07, 6.45) is 5.48. The van der Waals surface area contributed by atoms with Gasteiger partial charge in [-0.3, -0.25) is 4.90 Å². The minimum absolute atomic E-state index is 0.554. The fraction of sp³-hybridized carbons (Fsp3) is 0.263. The number of benzene rings is 2. The maximum Gasteiger partial charge on any atom is 0.142 e. The fourth-order valence-electron chi connectivity index (χ4n) is 2.39. The maximum absolute atomic E-state index is 5.93. The van der Waals surface area contributed by atoms with E-state index < -0.39 is 0 Å². The molecule has 4 heteroatoms. The molecule has 0 unspecified atom stereocenters. The van der Waals surface area contributed by atoms with Crippen LogP contribution in [0.1, 0.15) is 12.0 Å². The van der Waals surface area contributed by atoms with Crippen LogP contribution in [-0.4, -0.2) is 24.7 Å². The van der Waals surface area contributed by atoms with Crippen molar-refractivity contribution < 1.29 is 9.47 Å². The van der Waals surface area contributed by atoms with Gasteiger partial charge in [-0.15, -0.1) is 0 Å². The second-order valence-electron chi connectivity index (χ2n) is 5.48. The van der Waals surface area contributed by atoms with Gasteiger partial charge in [-0.25, -0.2) is 0 Å². The van der Waals surface area contributed by atoms with Crippen molar-refractivity contribution in [3.05, 3.63) is 70.7 Å². The van der Waals surface area contributed by atoms with Crippen molar-refractivity contribution in [2.24, 2.45) is 0 Å². The fourth-order valence-corrected chi connectivity index (χ4v) is 2.75. The van der Waals surface area contributed by atoms with Crippen LogP contribution >= 0.6 is 15.9 Å². The minimum atomic E-state index is 0.554. The smallest absolute Gasteiger partial charge is 0.142 e. The predicted octanol–water partition coefficient (Wildman–Crippen LogP) is 4.63. The zero-order valence-electron chi connectivity index (χ0n) is 13.0. The number of halogens is 1. The Balaban J connectivity index is 1.58. The molecule has 0 aliphatic carbocycles. The van der Waals surface area contributed by atoms with E-state index >= 15 is 0 Å². The molecule has 0 atom stereocenters. The first-order chi connectivity index (χ1) is 11.3. The van der Waals surface area contributed by atoms with Crippen LogP contribution in [0.5, 0.6) is 11.5 Å². The number of hydrogen-bond acceptors (Lipinski definition) is 3. The van der Waals surface area contributed by atoms with Crippen molar-refractivity contribution >= 4 is 15.9 Å². The molecule has 3 rings (SSSR count). The molecular weight excluding hydrogens is 354 g/mol. The number of hydrogen-bond donors (Lipinski definition) is 0. The van der Waals surface area contributed by atoms with Gasteiger partial charge in [0.15, 0.2) is 0 Å². The van der Waals surface area contributed by atoms with E-state index in [0.717, 1.165) is 41.0 Å². The van der Waals surface area contributed by atoms with Gasteiger partial charge < -0.3 is 9.47 Å². The molecule has 0 radical (unpaired) electrons. The largest absolute Gasteiger partial charge is 0.489 e. The van der Waals surface area contributed by atoms with E-state index in [0.29, 0.717) is 13.3 Å². The lowest BCUT2D eigenvalue weighted by molar-refractivity contribution is 0.135. The molecule has 1 aliphatic heterocycles. The Morgan fingerprint density at radius 3 is 2.65 bits per heavy atom. The SMILES string of the molecule is Brc1ccc(OCc2ccccc2)cc1OCN1CC=CCC1. The summed E-state index contributed by atoms with van der Waals surface area (Å²) >= 11 is 3.54. The topological polar surface area (TPSA) is 21.7 Å². The van der Waals surface area contributed by atoms with Gasteiger partial charge in [-0.1, -0.05) is 42.5 Å². The molecule has 3 nitrogen and oxygen atoms in total. The molecule has 0 fully saturated rings. The van der Waals surface area contributed by atoms with Gasteiger partial charge in [0.2, 0.25) is 0 Å². The van der Waals surface area contributed by atoms with E-state index in [1.165, 1.54) is 0 Å². The predicted molar refractivity (Wildman–Crippen MR) is 95.7 cm³/mol. The lowest BCUT2D eigenvalue weighted by atomic mass is 10.2. The van der Waals surface area contributed by atoms with Crippen LogP contribution in [0.3, 0.4) is 0 Å². The third-order valence-electron chi connectivity index (χ3n) is 3.70. The highest BCUT2D eigenvalue weighted by atomic mass is 79.9. The van der Waals surface area contributed by atoms with E-state index in [9.17, 15) is 0 Å². The van der Waals surface area contributed by atoms with E-state index in [2.05, 4.69) is 45.1 Å². The quantitative estimate of drug-likeness (QED) is 0.689. The molecule has 23 heavy (non-hydrogen) atoms. The summed E-state index contributed by atoms with van der Waals surface area (Å²) in [6, 6.07) is 16.0. The highest BCUT2D eigenvalue weighted by molar-refractivity contribution is 9.10. The van der Waals surface area contributed by atoms with Gasteiger partial charge in [0, 0.05) is 19.2 Å². The summed E-state index contributed by atoms with van der Waals surface area (Å²) in [5, 5.41) is 0. The highest BCUT2D eigenvalue weighted by Gasteiger charge is 2.09. The summed E-state index contributed by atoms with van der Waals surface area (Å²) < 4.78 is 12.7. The standard InChI is InChI=1S/C19H20BrNO2/c20-18-10-9-17(22-14-16-7-3-1-4-8-16)13-19(18)23-15-21-11-5-2-6-12-21/h1-5,7-10,13H,6,11-12,14-15H2. The second kappa shape index (κ2) is 8.18. The molecule has 0 saturated heterocycles. The Labute approximate surface area is 145 Å². The zero-order chi connectivity index (χ0) is 15.9. The molecule has 0 aromatic heterocycles. The second-order valence-corrected chi connectivity index (χ2v) is 6.33. The van der Waals surface area contributed by atoms with Crippen molar-refractivity contribution in [1.82, 2.24) is 4.90 Å². The van der Waals surface area contributed by atoms with Gasteiger partial charge in [-0.2, -0.15) is 0 Å². The van der Waals surface area contributed by atoms with Crippen LogP contribution in [-0.2, 0) is 6.61 Å².